The molecule has 1 aliphatic carbocycles. The molecule has 4 nitrogen and oxygen atoms in total. The lowest BCUT2D eigenvalue weighted by Gasteiger charge is -2.25. The van der Waals surface area contributed by atoms with E-state index in [0.29, 0.717) is 11.5 Å². The Kier molecular flexibility index (Phi) is 4.83. The molecule has 2 rings (SSSR count). The van der Waals surface area contributed by atoms with Crippen molar-refractivity contribution in [3.05, 3.63) is 0 Å². The Balaban J connectivity index is 1.67. The van der Waals surface area contributed by atoms with Crippen molar-refractivity contribution in [3.63, 3.8) is 0 Å². The van der Waals surface area contributed by atoms with Crippen molar-refractivity contribution in [2.45, 2.75) is 57.1 Å². The lowest BCUT2D eigenvalue weighted by molar-refractivity contribution is 0.0725. The molecule has 2 fully saturated rings. The van der Waals surface area contributed by atoms with Crippen LogP contribution in [0.2, 0.25) is 0 Å². The average molecular weight is 259 g/mol. The first-order valence-corrected chi connectivity index (χ1v) is 8.05. The molecule has 5 heteroatoms. The van der Waals surface area contributed by atoms with Crippen molar-refractivity contribution in [1.29, 1.82) is 0 Å². The Hall–Kier alpha value is -0.580. The van der Waals surface area contributed by atoms with Crippen molar-refractivity contribution in [3.8, 4) is 0 Å². The number of hydrogen-bond acceptors (Lipinski definition) is 3. The molecule has 17 heavy (non-hydrogen) atoms. The van der Waals surface area contributed by atoms with Crippen LogP contribution in [-0.2, 0) is 15.5 Å². The van der Waals surface area contributed by atoms with E-state index in [4.69, 9.17) is 4.74 Å². The molecule has 1 saturated heterocycles. The van der Waals surface area contributed by atoms with Gasteiger partial charge in [-0.15, -0.1) is 0 Å². The highest BCUT2D eigenvalue weighted by Crippen LogP contribution is 2.20. The third-order valence-corrected chi connectivity index (χ3v) is 4.92. The topological polar surface area (TPSA) is 55.4 Å². The molecule has 1 saturated carbocycles. The fourth-order valence-corrected chi connectivity index (χ4v) is 3.77. The van der Waals surface area contributed by atoms with E-state index < -0.39 is 10.8 Å². The third-order valence-electron chi connectivity index (χ3n) is 3.54. The molecular formula is C12H21NO3S. The van der Waals surface area contributed by atoms with Gasteiger partial charge in [0.15, 0.2) is 0 Å². The van der Waals surface area contributed by atoms with Gasteiger partial charge in [-0.3, -0.25) is 4.21 Å². The highest BCUT2D eigenvalue weighted by atomic mass is 32.2. The third kappa shape index (κ3) is 4.30. The standard InChI is InChI=1S/C12H21NO3S/c14-12(16-11-4-2-1-3-5-11)13-10-6-8-17(15)9-7-10/h10-11H,1-9H2,(H,13,14). The van der Waals surface area contributed by atoms with Crippen LogP contribution in [0.15, 0.2) is 0 Å². The second-order valence-corrected chi connectivity index (χ2v) is 6.63. The Morgan fingerprint density at radius 3 is 2.35 bits per heavy atom. The molecule has 1 amide bonds. The largest absolute Gasteiger partial charge is 0.446 e. The molecule has 98 valence electrons. The molecular weight excluding hydrogens is 238 g/mol. The summed E-state index contributed by atoms with van der Waals surface area (Å²) in [6.45, 7) is 0. The number of hydrogen-bond donors (Lipinski definition) is 1. The zero-order valence-electron chi connectivity index (χ0n) is 10.2. The van der Waals surface area contributed by atoms with Crippen LogP contribution in [0, 0.1) is 0 Å². The minimum Gasteiger partial charge on any atom is -0.446 e. The van der Waals surface area contributed by atoms with Gasteiger partial charge >= 0.3 is 6.09 Å². The number of alkyl carbamates (subject to hydrolysis) is 1. The fraction of sp³-hybridized carbons (Fsp3) is 0.917. The molecule has 0 aromatic heterocycles. The summed E-state index contributed by atoms with van der Waals surface area (Å²) in [5.41, 5.74) is 0. The number of carbonyl (C=O) groups excluding carboxylic acids is 1. The number of amides is 1. The van der Waals surface area contributed by atoms with Crippen LogP contribution in [-0.4, -0.2) is 34.0 Å². The van der Waals surface area contributed by atoms with E-state index in [-0.39, 0.29) is 18.2 Å². The first-order chi connectivity index (χ1) is 8.24. The maximum Gasteiger partial charge on any atom is 0.407 e. The maximum absolute atomic E-state index is 11.7. The van der Waals surface area contributed by atoms with Crippen LogP contribution in [0.5, 0.6) is 0 Å². The predicted octanol–water partition coefficient (Wildman–Crippen LogP) is 1.96. The Morgan fingerprint density at radius 1 is 1.06 bits per heavy atom. The van der Waals surface area contributed by atoms with E-state index in [2.05, 4.69) is 5.32 Å². The maximum atomic E-state index is 11.7. The Labute approximate surface area is 105 Å². The number of carbonyl (C=O) groups is 1. The Morgan fingerprint density at radius 2 is 1.71 bits per heavy atom. The molecule has 0 radical (unpaired) electrons. The minimum absolute atomic E-state index is 0.112. The van der Waals surface area contributed by atoms with Gasteiger partial charge in [-0.2, -0.15) is 0 Å². The second kappa shape index (κ2) is 6.38. The molecule has 1 heterocycles. The molecule has 0 spiro atoms. The molecule has 1 N–H and O–H groups in total. The molecule has 0 atom stereocenters. The zero-order chi connectivity index (χ0) is 12.1. The smallest absolute Gasteiger partial charge is 0.407 e. The summed E-state index contributed by atoms with van der Waals surface area (Å²) in [7, 11) is -0.674. The summed E-state index contributed by atoms with van der Waals surface area (Å²) >= 11 is 0. The van der Waals surface area contributed by atoms with Gasteiger partial charge in [-0.05, 0) is 38.5 Å². The first-order valence-electron chi connectivity index (χ1n) is 6.56. The number of nitrogens with one attached hydrogen (secondary N) is 1. The summed E-state index contributed by atoms with van der Waals surface area (Å²) < 4.78 is 16.6. The van der Waals surface area contributed by atoms with E-state index >= 15 is 0 Å². The SMILES string of the molecule is O=C(NC1CCS(=O)CC1)OC1CCCCC1. The van der Waals surface area contributed by atoms with Crippen molar-refractivity contribution >= 4 is 16.9 Å². The molecule has 1 aliphatic heterocycles. The van der Waals surface area contributed by atoms with Crippen LogP contribution in [0.1, 0.15) is 44.9 Å². The fourth-order valence-electron chi connectivity index (χ4n) is 2.47. The lowest BCUT2D eigenvalue weighted by atomic mass is 9.98. The van der Waals surface area contributed by atoms with Gasteiger partial charge in [0, 0.05) is 28.3 Å². The predicted molar refractivity (Wildman–Crippen MR) is 67.4 cm³/mol. The monoisotopic (exact) mass is 259 g/mol. The van der Waals surface area contributed by atoms with Gasteiger partial charge in [0.1, 0.15) is 6.10 Å². The van der Waals surface area contributed by atoms with Crippen LogP contribution < -0.4 is 5.32 Å². The van der Waals surface area contributed by atoms with E-state index in [9.17, 15) is 9.00 Å². The molecule has 0 aromatic rings. The van der Waals surface area contributed by atoms with Gasteiger partial charge in [-0.1, -0.05) is 6.42 Å². The minimum atomic E-state index is -0.674. The van der Waals surface area contributed by atoms with Crippen molar-refractivity contribution in [2.24, 2.45) is 0 Å². The highest BCUT2D eigenvalue weighted by molar-refractivity contribution is 7.85. The summed E-state index contributed by atoms with van der Waals surface area (Å²) in [5.74, 6) is 1.41. The van der Waals surface area contributed by atoms with Gasteiger partial charge < -0.3 is 10.1 Å². The summed E-state index contributed by atoms with van der Waals surface area (Å²) in [4.78, 5) is 11.7. The van der Waals surface area contributed by atoms with Crippen LogP contribution >= 0.6 is 0 Å². The van der Waals surface area contributed by atoms with Crippen LogP contribution in [0.25, 0.3) is 0 Å². The van der Waals surface area contributed by atoms with E-state index in [1.165, 1.54) is 19.3 Å². The quantitative estimate of drug-likeness (QED) is 0.824. The zero-order valence-corrected chi connectivity index (χ0v) is 11.0. The van der Waals surface area contributed by atoms with Gasteiger partial charge in [-0.25, -0.2) is 4.79 Å². The van der Waals surface area contributed by atoms with E-state index in [0.717, 1.165) is 25.7 Å². The van der Waals surface area contributed by atoms with E-state index in [1.54, 1.807) is 0 Å². The molecule has 0 bridgehead atoms. The van der Waals surface area contributed by atoms with Crippen molar-refractivity contribution in [2.75, 3.05) is 11.5 Å². The van der Waals surface area contributed by atoms with Crippen LogP contribution in [0.3, 0.4) is 0 Å². The summed E-state index contributed by atoms with van der Waals surface area (Å²) in [5, 5.41) is 2.89. The van der Waals surface area contributed by atoms with Crippen molar-refractivity contribution in [1.82, 2.24) is 5.32 Å². The normalized spacial score (nSPS) is 30.8. The van der Waals surface area contributed by atoms with Gasteiger partial charge in [0.05, 0.1) is 0 Å². The Bertz CT molecular complexity index is 279. The average Bonchev–Trinajstić information content (AvgIpc) is 2.33. The summed E-state index contributed by atoms with van der Waals surface area (Å²) in [6.07, 6.45) is 7.05. The number of rotatable bonds is 2. The van der Waals surface area contributed by atoms with E-state index in [1.807, 2.05) is 0 Å². The van der Waals surface area contributed by atoms with Crippen LogP contribution in [0.4, 0.5) is 4.79 Å². The second-order valence-electron chi connectivity index (χ2n) is 4.93. The highest BCUT2D eigenvalue weighted by Gasteiger charge is 2.22. The van der Waals surface area contributed by atoms with Crippen molar-refractivity contribution < 1.29 is 13.7 Å². The molecule has 0 unspecified atom stereocenters. The number of ether oxygens (including phenoxy) is 1. The summed E-state index contributed by atoms with van der Waals surface area (Å²) in [6, 6.07) is 0.156. The lowest BCUT2D eigenvalue weighted by Crippen LogP contribution is -2.41. The first kappa shape index (κ1) is 12.9. The molecule has 2 aliphatic rings. The molecule has 0 aromatic carbocycles. The van der Waals surface area contributed by atoms with Gasteiger partial charge in [0.2, 0.25) is 0 Å². The van der Waals surface area contributed by atoms with Gasteiger partial charge in [0.25, 0.3) is 0 Å².